The van der Waals surface area contributed by atoms with Crippen molar-refractivity contribution in [3.05, 3.63) is 12.3 Å². The molecule has 0 aromatic carbocycles. The summed E-state index contributed by atoms with van der Waals surface area (Å²) in [6, 6.07) is 1.34. The molecule has 0 amide bonds. The number of carbonyl (C=O) groups is 1. The lowest BCUT2D eigenvalue weighted by Crippen LogP contribution is -2.48. The summed E-state index contributed by atoms with van der Waals surface area (Å²) in [5, 5.41) is 12.6. The van der Waals surface area contributed by atoms with Gasteiger partial charge in [0.05, 0.1) is 6.20 Å². The second-order valence-electron chi connectivity index (χ2n) is 4.87. The minimum atomic E-state index is -3.89. The molecule has 1 N–H and O–H groups in total. The van der Waals surface area contributed by atoms with Crippen molar-refractivity contribution in [2.45, 2.75) is 31.3 Å². The lowest BCUT2D eigenvalue weighted by molar-refractivity contribution is -0.138. The Labute approximate surface area is 106 Å². The van der Waals surface area contributed by atoms with E-state index in [0.717, 1.165) is 4.31 Å². The molecule has 0 aliphatic heterocycles. The molecule has 0 aliphatic rings. The molecule has 0 saturated heterocycles. The van der Waals surface area contributed by atoms with E-state index in [-0.39, 0.29) is 5.03 Å². The Morgan fingerprint density at radius 1 is 1.50 bits per heavy atom. The molecule has 0 unspecified atom stereocenters. The predicted octanol–water partition coefficient (Wildman–Crippen LogP) is 0.294. The van der Waals surface area contributed by atoms with Gasteiger partial charge in [-0.1, -0.05) is 0 Å². The van der Waals surface area contributed by atoms with Gasteiger partial charge in [0.15, 0.2) is 5.03 Å². The Hall–Kier alpha value is -1.41. The van der Waals surface area contributed by atoms with Crippen LogP contribution >= 0.6 is 0 Å². The summed E-state index contributed by atoms with van der Waals surface area (Å²) in [5.74, 6) is -1.20. The second kappa shape index (κ2) is 4.69. The van der Waals surface area contributed by atoms with Crippen molar-refractivity contribution >= 4 is 16.0 Å². The first kappa shape index (κ1) is 14.7. The maximum absolute atomic E-state index is 12.4. The summed E-state index contributed by atoms with van der Waals surface area (Å²) in [6.45, 7) is 4.34. The monoisotopic (exact) mass is 275 g/mol. The molecule has 1 rings (SSSR count). The Morgan fingerprint density at radius 3 is 2.39 bits per heavy atom. The van der Waals surface area contributed by atoms with E-state index in [9.17, 15) is 13.2 Å². The van der Waals surface area contributed by atoms with Crippen molar-refractivity contribution in [2.75, 3.05) is 6.54 Å². The molecule has 1 aromatic heterocycles. The first-order valence-corrected chi connectivity index (χ1v) is 6.73. The molecule has 7 nitrogen and oxygen atoms in total. The minimum absolute atomic E-state index is 0.0290. The van der Waals surface area contributed by atoms with Crippen molar-refractivity contribution in [1.82, 2.24) is 14.1 Å². The van der Waals surface area contributed by atoms with Gasteiger partial charge in [-0.3, -0.25) is 9.48 Å². The van der Waals surface area contributed by atoms with Gasteiger partial charge in [-0.25, -0.2) is 8.42 Å². The summed E-state index contributed by atoms with van der Waals surface area (Å²) in [7, 11) is -2.39. The van der Waals surface area contributed by atoms with Crippen LogP contribution in [0.2, 0.25) is 0 Å². The lowest BCUT2D eigenvalue weighted by Gasteiger charge is -2.32. The van der Waals surface area contributed by atoms with E-state index in [0.29, 0.717) is 0 Å². The summed E-state index contributed by atoms with van der Waals surface area (Å²) in [6.07, 6.45) is 1.36. The molecule has 0 bridgehead atoms. The van der Waals surface area contributed by atoms with Crippen LogP contribution < -0.4 is 0 Å². The van der Waals surface area contributed by atoms with Crippen LogP contribution in [0.5, 0.6) is 0 Å². The molecule has 0 aliphatic carbocycles. The average Bonchev–Trinajstić information content (AvgIpc) is 2.59. The number of rotatable bonds is 4. The average molecular weight is 275 g/mol. The number of nitrogens with zero attached hydrogens (tertiary/aromatic N) is 3. The number of carboxylic acid groups (broad SMARTS) is 1. The third-order valence-electron chi connectivity index (χ3n) is 2.36. The number of aromatic nitrogens is 2. The standard InChI is InChI=1S/C10H17N3O4S/c1-10(2,3)13(7-9(14)15)18(16,17)8-5-6-11-12(8)4/h5-6H,7H2,1-4H3,(H,14,15). The molecule has 18 heavy (non-hydrogen) atoms. The Morgan fingerprint density at radius 2 is 2.06 bits per heavy atom. The fourth-order valence-corrected chi connectivity index (χ4v) is 3.37. The summed E-state index contributed by atoms with van der Waals surface area (Å²) < 4.78 is 26.9. The van der Waals surface area contributed by atoms with Gasteiger partial charge in [-0.15, -0.1) is 0 Å². The van der Waals surface area contributed by atoms with E-state index in [1.165, 1.54) is 24.0 Å². The largest absolute Gasteiger partial charge is 0.480 e. The van der Waals surface area contributed by atoms with Gasteiger partial charge < -0.3 is 5.11 Å². The van der Waals surface area contributed by atoms with Gasteiger partial charge in [0, 0.05) is 12.6 Å². The van der Waals surface area contributed by atoms with E-state index in [1.807, 2.05) is 0 Å². The number of aliphatic carboxylic acids is 1. The highest BCUT2D eigenvalue weighted by molar-refractivity contribution is 7.89. The van der Waals surface area contributed by atoms with Crippen LogP contribution in [0.3, 0.4) is 0 Å². The van der Waals surface area contributed by atoms with Gasteiger partial charge >= 0.3 is 5.97 Å². The fraction of sp³-hybridized carbons (Fsp3) is 0.600. The van der Waals surface area contributed by atoms with Gasteiger partial charge in [-0.05, 0) is 26.8 Å². The normalized spacial score (nSPS) is 12.9. The molecular formula is C10H17N3O4S. The summed E-state index contributed by atoms with van der Waals surface area (Å²) in [4.78, 5) is 10.8. The first-order valence-electron chi connectivity index (χ1n) is 5.29. The highest BCUT2D eigenvalue weighted by Crippen LogP contribution is 2.23. The third kappa shape index (κ3) is 2.88. The molecule has 8 heteroatoms. The number of aryl methyl sites for hydroxylation is 1. The van der Waals surface area contributed by atoms with Crippen LogP contribution in [0.25, 0.3) is 0 Å². The van der Waals surface area contributed by atoms with Crippen LogP contribution in [0.4, 0.5) is 0 Å². The molecule has 1 heterocycles. The van der Waals surface area contributed by atoms with Gasteiger partial charge in [-0.2, -0.15) is 9.40 Å². The Kier molecular flexibility index (Phi) is 3.82. The summed E-state index contributed by atoms with van der Waals surface area (Å²) in [5.41, 5.74) is -0.832. The smallest absolute Gasteiger partial charge is 0.318 e. The maximum Gasteiger partial charge on any atom is 0.318 e. The molecule has 1 aromatic rings. The fourth-order valence-electron chi connectivity index (χ4n) is 1.53. The van der Waals surface area contributed by atoms with E-state index >= 15 is 0 Å². The molecular weight excluding hydrogens is 258 g/mol. The molecule has 0 saturated carbocycles. The van der Waals surface area contributed by atoms with Gasteiger partial charge in [0.25, 0.3) is 10.0 Å². The number of carboxylic acids is 1. The van der Waals surface area contributed by atoms with Crippen molar-refractivity contribution in [2.24, 2.45) is 7.05 Å². The molecule has 0 radical (unpaired) electrons. The SMILES string of the molecule is Cn1nccc1S(=O)(=O)N(CC(=O)O)C(C)(C)C. The van der Waals surface area contributed by atoms with Gasteiger partial charge in [0.2, 0.25) is 0 Å². The minimum Gasteiger partial charge on any atom is -0.480 e. The molecule has 0 spiro atoms. The maximum atomic E-state index is 12.4. The lowest BCUT2D eigenvalue weighted by atomic mass is 10.1. The van der Waals surface area contributed by atoms with Crippen molar-refractivity contribution in [1.29, 1.82) is 0 Å². The van der Waals surface area contributed by atoms with Crippen LogP contribution in [0.15, 0.2) is 17.3 Å². The zero-order chi connectivity index (χ0) is 14.1. The number of hydrogen-bond donors (Lipinski definition) is 1. The second-order valence-corrected chi connectivity index (χ2v) is 6.68. The zero-order valence-electron chi connectivity index (χ0n) is 10.8. The van der Waals surface area contributed by atoms with Crippen LogP contribution in [0, 0.1) is 0 Å². The van der Waals surface area contributed by atoms with E-state index in [2.05, 4.69) is 5.10 Å². The number of hydrogen-bond acceptors (Lipinski definition) is 4. The van der Waals surface area contributed by atoms with Crippen molar-refractivity contribution in [3.8, 4) is 0 Å². The molecule has 0 fully saturated rings. The van der Waals surface area contributed by atoms with Crippen LogP contribution in [-0.4, -0.2) is 45.7 Å². The number of sulfonamides is 1. The van der Waals surface area contributed by atoms with E-state index < -0.39 is 28.1 Å². The zero-order valence-corrected chi connectivity index (χ0v) is 11.6. The first-order chi connectivity index (χ1) is 8.06. The molecule has 0 atom stereocenters. The molecule has 102 valence electrons. The quantitative estimate of drug-likeness (QED) is 0.852. The summed E-state index contributed by atoms with van der Waals surface area (Å²) >= 11 is 0. The van der Waals surface area contributed by atoms with Gasteiger partial charge in [0.1, 0.15) is 6.54 Å². The third-order valence-corrected chi connectivity index (χ3v) is 4.54. The van der Waals surface area contributed by atoms with Crippen molar-refractivity contribution < 1.29 is 18.3 Å². The highest BCUT2D eigenvalue weighted by atomic mass is 32.2. The van der Waals surface area contributed by atoms with Crippen LogP contribution in [0.1, 0.15) is 20.8 Å². The van der Waals surface area contributed by atoms with Crippen LogP contribution in [-0.2, 0) is 21.9 Å². The Bertz CT molecular complexity index is 542. The highest BCUT2D eigenvalue weighted by Gasteiger charge is 2.37. The van der Waals surface area contributed by atoms with E-state index in [1.54, 1.807) is 20.8 Å². The predicted molar refractivity (Wildman–Crippen MR) is 64.5 cm³/mol. The Balaban J connectivity index is 3.29. The van der Waals surface area contributed by atoms with Crippen molar-refractivity contribution in [3.63, 3.8) is 0 Å². The topological polar surface area (TPSA) is 92.5 Å². The van der Waals surface area contributed by atoms with E-state index in [4.69, 9.17) is 5.11 Å².